The number of benzene rings is 1. The van der Waals surface area contributed by atoms with Crippen molar-refractivity contribution in [2.75, 3.05) is 6.54 Å². The monoisotopic (exact) mass is 337 g/mol. The first-order valence-electron chi connectivity index (χ1n) is 7.56. The Balaban J connectivity index is 0.00000192. The third-order valence-electron chi connectivity index (χ3n) is 4.08. The summed E-state index contributed by atoms with van der Waals surface area (Å²) in [5.74, 6) is 0.221. The number of aliphatic carboxylic acids is 1. The lowest BCUT2D eigenvalue weighted by Gasteiger charge is -2.18. The summed E-state index contributed by atoms with van der Waals surface area (Å²) < 4.78 is 5.27. The molecule has 0 radical (unpaired) electrons. The number of halogens is 1. The molecule has 1 fully saturated rings. The molecule has 1 atom stereocenters. The molecular formula is C16H20ClN3O3. The Hall–Kier alpha value is -1.92. The molecule has 1 aromatic heterocycles. The normalized spacial score (nSPS) is 17.9. The Morgan fingerprint density at radius 3 is 2.78 bits per heavy atom. The molecule has 1 aromatic carbocycles. The van der Waals surface area contributed by atoms with E-state index < -0.39 is 12.0 Å². The summed E-state index contributed by atoms with van der Waals surface area (Å²) in [6.07, 6.45) is 2.55. The van der Waals surface area contributed by atoms with Gasteiger partial charge >= 0.3 is 5.97 Å². The summed E-state index contributed by atoms with van der Waals surface area (Å²) in [6, 6.07) is 7.60. The number of aromatic nitrogens is 2. The fraction of sp³-hybridized carbons (Fsp3) is 0.438. The fourth-order valence-electron chi connectivity index (χ4n) is 2.79. The maximum absolute atomic E-state index is 11.2. The average Bonchev–Trinajstić information content (AvgIpc) is 3.17. The predicted octanol–water partition coefficient (Wildman–Crippen LogP) is 2.77. The molecule has 7 heteroatoms. The molecule has 0 bridgehead atoms. The van der Waals surface area contributed by atoms with Crippen LogP contribution in [-0.4, -0.2) is 38.7 Å². The Morgan fingerprint density at radius 2 is 2.13 bits per heavy atom. The second kappa shape index (κ2) is 7.57. The lowest BCUT2D eigenvalue weighted by Crippen LogP contribution is -2.35. The van der Waals surface area contributed by atoms with Crippen molar-refractivity contribution in [1.82, 2.24) is 15.0 Å². The molecule has 0 saturated carbocycles. The van der Waals surface area contributed by atoms with E-state index >= 15 is 0 Å². The number of aryl methyl sites for hydroxylation is 1. The van der Waals surface area contributed by atoms with Crippen LogP contribution in [0.15, 0.2) is 28.8 Å². The Labute approximate surface area is 140 Å². The predicted molar refractivity (Wildman–Crippen MR) is 87.4 cm³/mol. The minimum absolute atomic E-state index is 0. The van der Waals surface area contributed by atoms with Crippen molar-refractivity contribution in [2.45, 2.75) is 38.8 Å². The molecule has 23 heavy (non-hydrogen) atoms. The zero-order valence-corrected chi connectivity index (χ0v) is 13.8. The van der Waals surface area contributed by atoms with Crippen LogP contribution in [0.3, 0.4) is 0 Å². The summed E-state index contributed by atoms with van der Waals surface area (Å²) in [6.45, 7) is 3.24. The molecular weight excluding hydrogens is 318 g/mol. The van der Waals surface area contributed by atoms with Gasteiger partial charge in [-0.2, -0.15) is 4.98 Å². The van der Waals surface area contributed by atoms with E-state index in [4.69, 9.17) is 4.52 Å². The highest BCUT2D eigenvalue weighted by atomic mass is 35.5. The highest BCUT2D eigenvalue weighted by Gasteiger charge is 2.31. The Morgan fingerprint density at radius 1 is 1.39 bits per heavy atom. The maximum Gasteiger partial charge on any atom is 0.320 e. The minimum atomic E-state index is -0.785. The van der Waals surface area contributed by atoms with Crippen molar-refractivity contribution in [3.05, 3.63) is 35.7 Å². The van der Waals surface area contributed by atoms with Gasteiger partial charge in [0.15, 0.2) is 0 Å². The van der Waals surface area contributed by atoms with Gasteiger partial charge in [-0.1, -0.05) is 36.3 Å². The largest absolute Gasteiger partial charge is 0.480 e. The first kappa shape index (κ1) is 17.4. The van der Waals surface area contributed by atoms with Crippen LogP contribution in [0.4, 0.5) is 0 Å². The SMILES string of the molecule is CCc1ccc(-c2noc(CN3CCC[C@@H]3C(=O)O)n2)cc1.Cl. The van der Waals surface area contributed by atoms with Crippen molar-refractivity contribution in [1.29, 1.82) is 0 Å². The van der Waals surface area contributed by atoms with E-state index in [0.29, 0.717) is 24.7 Å². The number of hydrogen-bond donors (Lipinski definition) is 1. The van der Waals surface area contributed by atoms with Crippen LogP contribution < -0.4 is 0 Å². The molecule has 0 amide bonds. The van der Waals surface area contributed by atoms with E-state index in [-0.39, 0.29) is 12.4 Å². The number of carboxylic acids is 1. The third kappa shape index (κ3) is 3.89. The van der Waals surface area contributed by atoms with Gasteiger partial charge in [-0.15, -0.1) is 12.4 Å². The standard InChI is InChI=1S/C16H19N3O3.ClH/c1-2-11-5-7-12(8-6-11)15-17-14(22-18-15)10-19-9-3-4-13(19)16(20)21;/h5-8,13H,2-4,9-10H2,1H3,(H,20,21);1H/t13-;/m1./s1. The second-order valence-corrected chi connectivity index (χ2v) is 5.53. The van der Waals surface area contributed by atoms with Crippen molar-refractivity contribution in [3.8, 4) is 11.4 Å². The molecule has 1 saturated heterocycles. The number of carboxylic acid groups (broad SMARTS) is 1. The van der Waals surface area contributed by atoms with Crippen LogP contribution in [0, 0.1) is 0 Å². The van der Waals surface area contributed by atoms with E-state index in [9.17, 15) is 9.90 Å². The number of rotatable bonds is 5. The van der Waals surface area contributed by atoms with Crippen LogP contribution in [-0.2, 0) is 17.8 Å². The minimum Gasteiger partial charge on any atom is -0.480 e. The van der Waals surface area contributed by atoms with E-state index in [0.717, 1.165) is 24.9 Å². The molecule has 0 unspecified atom stereocenters. The summed E-state index contributed by atoms with van der Waals surface area (Å²) in [5.41, 5.74) is 2.16. The zero-order valence-electron chi connectivity index (χ0n) is 12.9. The molecule has 1 aliphatic rings. The Bertz CT molecular complexity index is 657. The lowest BCUT2D eigenvalue weighted by molar-refractivity contribution is -0.142. The molecule has 1 N–H and O–H groups in total. The van der Waals surface area contributed by atoms with Crippen molar-refractivity contribution < 1.29 is 14.4 Å². The number of carbonyl (C=O) groups is 1. The molecule has 6 nitrogen and oxygen atoms in total. The zero-order chi connectivity index (χ0) is 15.5. The Kier molecular flexibility index (Phi) is 5.74. The summed E-state index contributed by atoms with van der Waals surface area (Å²) >= 11 is 0. The highest BCUT2D eigenvalue weighted by molar-refractivity contribution is 5.85. The molecule has 2 heterocycles. The van der Waals surface area contributed by atoms with Crippen LogP contribution in [0.5, 0.6) is 0 Å². The number of nitrogens with zero attached hydrogens (tertiary/aromatic N) is 3. The van der Waals surface area contributed by atoms with Crippen molar-refractivity contribution in [2.24, 2.45) is 0 Å². The first-order valence-corrected chi connectivity index (χ1v) is 7.56. The van der Waals surface area contributed by atoms with E-state index in [1.165, 1.54) is 5.56 Å². The first-order chi connectivity index (χ1) is 10.7. The van der Waals surface area contributed by atoms with Crippen LogP contribution in [0.1, 0.15) is 31.2 Å². The van der Waals surface area contributed by atoms with Crippen LogP contribution >= 0.6 is 12.4 Å². The van der Waals surface area contributed by atoms with E-state index in [1.807, 2.05) is 29.2 Å². The van der Waals surface area contributed by atoms with Gasteiger partial charge in [0.1, 0.15) is 6.04 Å². The smallest absolute Gasteiger partial charge is 0.320 e. The van der Waals surface area contributed by atoms with Crippen LogP contribution in [0.2, 0.25) is 0 Å². The van der Waals surface area contributed by atoms with Gasteiger partial charge in [-0.3, -0.25) is 9.69 Å². The third-order valence-corrected chi connectivity index (χ3v) is 4.08. The van der Waals surface area contributed by atoms with Gasteiger partial charge in [0.2, 0.25) is 11.7 Å². The maximum atomic E-state index is 11.2. The van der Waals surface area contributed by atoms with Crippen molar-refractivity contribution >= 4 is 18.4 Å². The average molecular weight is 338 g/mol. The molecule has 3 rings (SSSR count). The van der Waals surface area contributed by atoms with Crippen molar-refractivity contribution in [3.63, 3.8) is 0 Å². The van der Waals surface area contributed by atoms with Gasteiger partial charge in [-0.25, -0.2) is 0 Å². The van der Waals surface area contributed by atoms with Gasteiger partial charge in [0.25, 0.3) is 0 Å². The quantitative estimate of drug-likeness (QED) is 0.903. The number of hydrogen-bond acceptors (Lipinski definition) is 5. The summed E-state index contributed by atoms with van der Waals surface area (Å²) in [5, 5.41) is 13.2. The van der Waals surface area contributed by atoms with Gasteiger partial charge < -0.3 is 9.63 Å². The van der Waals surface area contributed by atoms with Gasteiger partial charge in [0.05, 0.1) is 6.54 Å². The topological polar surface area (TPSA) is 79.5 Å². The fourth-order valence-corrected chi connectivity index (χ4v) is 2.79. The molecule has 124 valence electrons. The second-order valence-electron chi connectivity index (χ2n) is 5.53. The van der Waals surface area contributed by atoms with Crippen LogP contribution in [0.25, 0.3) is 11.4 Å². The van der Waals surface area contributed by atoms with Gasteiger partial charge in [0, 0.05) is 5.56 Å². The molecule has 0 spiro atoms. The summed E-state index contributed by atoms with van der Waals surface area (Å²) in [7, 11) is 0. The van der Waals surface area contributed by atoms with E-state index in [1.54, 1.807) is 0 Å². The summed E-state index contributed by atoms with van der Waals surface area (Å²) in [4.78, 5) is 17.4. The number of likely N-dealkylation sites (tertiary alicyclic amines) is 1. The molecule has 0 aliphatic carbocycles. The lowest BCUT2D eigenvalue weighted by atomic mass is 10.1. The molecule has 2 aromatic rings. The highest BCUT2D eigenvalue weighted by Crippen LogP contribution is 2.21. The molecule has 1 aliphatic heterocycles. The van der Waals surface area contributed by atoms with E-state index in [2.05, 4.69) is 17.1 Å². The van der Waals surface area contributed by atoms with Gasteiger partial charge in [-0.05, 0) is 31.4 Å².